The summed E-state index contributed by atoms with van der Waals surface area (Å²) in [5.41, 5.74) is 1.04. The molecule has 0 amide bonds. The van der Waals surface area contributed by atoms with Crippen molar-refractivity contribution >= 4 is 5.82 Å². The van der Waals surface area contributed by atoms with Crippen LogP contribution in [0.2, 0.25) is 0 Å². The Morgan fingerprint density at radius 1 is 1.11 bits per heavy atom. The maximum atomic E-state index is 4.60. The summed E-state index contributed by atoms with van der Waals surface area (Å²) in [5.74, 6) is 2.96. The average molecular weight is 249 g/mol. The number of rotatable bonds is 6. The number of aryl methyl sites for hydroxylation is 1. The standard InChI is InChI=1S/C15H27N3/c1-7-13(8-2)12(6)17-14-9-11(5)16-15(18-14)10(3)4/h9-10,12-13H,7-8H2,1-6H3,(H,16,17,18). The van der Waals surface area contributed by atoms with Crippen LogP contribution in [0.25, 0.3) is 0 Å². The van der Waals surface area contributed by atoms with E-state index in [1.165, 1.54) is 12.8 Å². The van der Waals surface area contributed by atoms with Crippen LogP contribution >= 0.6 is 0 Å². The molecule has 18 heavy (non-hydrogen) atoms. The summed E-state index contributed by atoms with van der Waals surface area (Å²) in [6.45, 7) is 13.0. The highest BCUT2D eigenvalue weighted by Crippen LogP contribution is 2.19. The van der Waals surface area contributed by atoms with Gasteiger partial charge in [0.05, 0.1) is 0 Å². The molecule has 0 saturated carbocycles. The zero-order valence-corrected chi connectivity index (χ0v) is 12.6. The van der Waals surface area contributed by atoms with E-state index in [0.29, 0.717) is 17.9 Å². The first-order valence-corrected chi connectivity index (χ1v) is 7.10. The minimum absolute atomic E-state index is 0.369. The van der Waals surface area contributed by atoms with Gasteiger partial charge in [-0.3, -0.25) is 0 Å². The van der Waals surface area contributed by atoms with E-state index < -0.39 is 0 Å². The lowest BCUT2D eigenvalue weighted by Gasteiger charge is -2.23. The second-order valence-electron chi connectivity index (χ2n) is 5.42. The smallest absolute Gasteiger partial charge is 0.133 e. The van der Waals surface area contributed by atoms with Gasteiger partial charge in [-0.15, -0.1) is 0 Å². The Hall–Kier alpha value is -1.12. The van der Waals surface area contributed by atoms with E-state index in [1.807, 2.05) is 13.0 Å². The SMILES string of the molecule is CCC(CC)C(C)Nc1cc(C)nc(C(C)C)n1. The fourth-order valence-electron chi connectivity index (χ4n) is 2.27. The van der Waals surface area contributed by atoms with Gasteiger partial charge < -0.3 is 5.32 Å². The van der Waals surface area contributed by atoms with Gasteiger partial charge >= 0.3 is 0 Å². The maximum absolute atomic E-state index is 4.60. The second kappa shape index (κ2) is 6.72. The summed E-state index contributed by atoms with van der Waals surface area (Å²) in [7, 11) is 0. The molecule has 3 nitrogen and oxygen atoms in total. The van der Waals surface area contributed by atoms with Crippen molar-refractivity contribution in [3.8, 4) is 0 Å². The lowest BCUT2D eigenvalue weighted by molar-refractivity contribution is 0.437. The molecule has 0 bridgehead atoms. The van der Waals surface area contributed by atoms with Crippen molar-refractivity contribution in [2.45, 2.75) is 66.3 Å². The molecule has 1 unspecified atom stereocenters. The van der Waals surface area contributed by atoms with Gasteiger partial charge in [0.15, 0.2) is 0 Å². The highest BCUT2D eigenvalue weighted by atomic mass is 15.1. The van der Waals surface area contributed by atoms with Crippen LogP contribution in [0.15, 0.2) is 6.07 Å². The van der Waals surface area contributed by atoms with E-state index in [2.05, 4.69) is 49.9 Å². The van der Waals surface area contributed by atoms with Crippen LogP contribution in [0.4, 0.5) is 5.82 Å². The molecule has 0 spiro atoms. The number of aromatic nitrogens is 2. The molecule has 0 aliphatic rings. The Morgan fingerprint density at radius 2 is 1.72 bits per heavy atom. The predicted molar refractivity (Wildman–Crippen MR) is 78.0 cm³/mol. The molecule has 0 aliphatic carbocycles. The molecule has 3 heteroatoms. The quantitative estimate of drug-likeness (QED) is 0.823. The molecule has 0 aromatic carbocycles. The molecule has 0 fully saturated rings. The molecule has 0 aliphatic heterocycles. The second-order valence-corrected chi connectivity index (χ2v) is 5.42. The van der Waals surface area contributed by atoms with Crippen molar-refractivity contribution in [2.75, 3.05) is 5.32 Å². The first-order valence-electron chi connectivity index (χ1n) is 7.10. The lowest BCUT2D eigenvalue weighted by atomic mass is 9.95. The third-order valence-electron chi connectivity index (χ3n) is 3.52. The zero-order valence-electron chi connectivity index (χ0n) is 12.6. The Balaban J connectivity index is 2.83. The molecule has 1 rings (SSSR count). The van der Waals surface area contributed by atoms with Gasteiger partial charge in [-0.25, -0.2) is 9.97 Å². The van der Waals surface area contributed by atoms with Crippen LogP contribution in [0, 0.1) is 12.8 Å². The summed E-state index contributed by atoms with van der Waals surface area (Å²) in [5, 5.41) is 3.53. The van der Waals surface area contributed by atoms with E-state index in [-0.39, 0.29) is 0 Å². The lowest BCUT2D eigenvalue weighted by Crippen LogP contribution is -2.25. The molecular formula is C15H27N3. The third-order valence-corrected chi connectivity index (χ3v) is 3.52. The summed E-state index contributed by atoms with van der Waals surface area (Å²) < 4.78 is 0. The number of nitrogens with zero attached hydrogens (tertiary/aromatic N) is 2. The summed E-state index contributed by atoms with van der Waals surface area (Å²) in [6, 6.07) is 2.49. The Kier molecular flexibility index (Phi) is 5.57. The summed E-state index contributed by atoms with van der Waals surface area (Å²) >= 11 is 0. The van der Waals surface area contributed by atoms with Gasteiger partial charge in [-0.05, 0) is 19.8 Å². The van der Waals surface area contributed by atoms with E-state index in [4.69, 9.17) is 0 Å². The van der Waals surface area contributed by atoms with Gasteiger partial charge in [0.25, 0.3) is 0 Å². The van der Waals surface area contributed by atoms with E-state index in [0.717, 1.165) is 17.3 Å². The molecule has 1 N–H and O–H groups in total. The van der Waals surface area contributed by atoms with E-state index in [1.54, 1.807) is 0 Å². The van der Waals surface area contributed by atoms with Crippen LogP contribution in [0.5, 0.6) is 0 Å². The molecule has 0 radical (unpaired) electrons. The number of nitrogens with one attached hydrogen (secondary N) is 1. The molecule has 0 saturated heterocycles. The summed E-state index contributed by atoms with van der Waals surface area (Å²) in [6.07, 6.45) is 2.40. The average Bonchev–Trinajstić information content (AvgIpc) is 2.29. The molecule has 1 heterocycles. The number of hydrogen-bond donors (Lipinski definition) is 1. The van der Waals surface area contributed by atoms with Gasteiger partial charge in [0, 0.05) is 23.7 Å². The van der Waals surface area contributed by atoms with Crippen LogP contribution < -0.4 is 5.32 Å². The highest BCUT2D eigenvalue weighted by Gasteiger charge is 2.14. The van der Waals surface area contributed by atoms with Gasteiger partial charge in [-0.1, -0.05) is 40.5 Å². The van der Waals surface area contributed by atoms with Crippen LogP contribution in [-0.4, -0.2) is 16.0 Å². The van der Waals surface area contributed by atoms with E-state index in [9.17, 15) is 0 Å². The van der Waals surface area contributed by atoms with Crippen molar-refractivity contribution in [1.29, 1.82) is 0 Å². The maximum Gasteiger partial charge on any atom is 0.133 e. The van der Waals surface area contributed by atoms with Gasteiger partial charge in [-0.2, -0.15) is 0 Å². The summed E-state index contributed by atoms with van der Waals surface area (Å²) in [4.78, 5) is 9.08. The monoisotopic (exact) mass is 249 g/mol. The first kappa shape index (κ1) is 14.9. The Bertz CT molecular complexity index is 370. The van der Waals surface area contributed by atoms with Crippen molar-refractivity contribution in [2.24, 2.45) is 5.92 Å². The fourth-order valence-corrected chi connectivity index (χ4v) is 2.27. The van der Waals surface area contributed by atoms with Crippen LogP contribution in [-0.2, 0) is 0 Å². The number of hydrogen-bond acceptors (Lipinski definition) is 3. The zero-order chi connectivity index (χ0) is 13.7. The molecule has 1 aromatic heterocycles. The first-order chi connectivity index (χ1) is 8.47. The Morgan fingerprint density at radius 3 is 2.22 bits per heavy atom. The molecular weight excluding hydrogens is 222 g/mol. The van der Waals surface area contributed by atoms with Gasteiger partial charge in [0.1, 0.15) is 11.6 Å². The van der Waals surface area contributed by atoms with Crippen molar-refractivity contribution in [3.05, 3.63) is 17.6 Å². The van der Waals surface area contributed by atoms with Crippen molar-refractivity contribution < 1.29 is 0 Å². The largest absolute Gasteiger partial charge is 0.367 e. The van der Waals surface area contributed by atoms with Crippen LogP contribution in [0.1, 0.15) is 64.9 Å². The highest BCUT2D eigenvalue weighted by molar-refractivity contribution is 5.37. The predicted octanol–water partition coefficient (Wildman–Crippen LogP) is 4.15. The molecule has 102 valence electrons. The molecule has 1 aromatic rings. The number of anilines is 1. The Labute approximate surface area is 111 Å². The minimum atomic E-state index is 0.369. The van der Waals surface area contributed by atoms with Gasteiger partial charge in [0.2, 0.25) is 0 Å². The van der Waals surface area contributed by atoms with Crippen molar-refractivity contribution in [1.82, 2.24) is 9.97 Å². The topological polar surface area (TPSA) is 37.8 Å². The third kappa shape index (κ3) is 3.97. The van der Waals surface area contributed by atoms with E-state index >= 15 is 0 Å². The van der Waals surface area contributed by atoms with Crippen molar-refractivity contribution in [3.63, 3.8) is 0 Å². The normalized spacial score (nSPS) is 13.1. The minimum Gasteiger partial charge on any atom is -0.367 e. The fraction of sp³-hybridized carbons (Fsp3) is 0.733. The molecule has 1 atom stereocenters. The van der Waals surface area contributed by atoms with Crippen LogP contribution in [0.3, 0.4) is 0 Å².